The van der Waals surface area contributed by atoms with E-state index in [0.29, 0.717) is 17.3 Å². The number of nitrogens with two attached hydrogens (primary N) is 1. The maximum Gasteiger partial charge on any atom is 0.254 e. The molecule has 0 unspecified atom stereocenters. The number of nitrogens with zero attached hydrogens (tertiary/aromatic N) is 1. The molecule has 5 nitrogen and oxygen atoms in total. The van der Waals surface area contributed by atoms with Crippen LogP contribution < -0.4 is 16.0 Å². The van der Waals surface area contributed by atoms with E-state index in [1.165, 1.54) is 6.07 Å². The zero-order chi connectivity index (χ0) is 14.0. The molecule has 0 aliphatic rings. The van der Waals surface area contributed by atoms with Gasteiger partial charge in [0.05, 0.1) is 11.8 Å². The fourth-order valence-corrected chi connectivity index (χ4v) is 1.62. The van der Waals surface area contributed by atoms with Crippen molar-refractivity contribution in [2.75, 3.05) is 5.73 Å². The van der Waals surface area contributed by atoms with Gasteiger partial charge in [0, 0.05) is 5.92 Å². The van der Waals surface area contributed by atoms with Gasteiger partial charge in [0.25, 0.3) is 5.56 Å². The Bertz CT molecular complexity index is 647. The minimum absolute atomic E-state index is 0.117. The summed E-state index contributed by atoms with van der Waals surface area (Å²) in [6.45, 7) is 5.84. The van der Waals surface area contributed by atoms with Crippen LogP contribution in [0.3, 0.4) is 0 Å². The first-order valence-electron chi connectivity index (χ1n) is 6.11. The van der Waals surface area contributed by atoms with Gasteiger partial charge in [-0.3, -0.25) is 4.79 Å². The van der Waals surface area contributed by atoms with E-state index < -0.39 is 0 Å². The van der Waals surface area contributed by atoms with Crippen LogP contribution in [0.2, 0.25) is 0 Å². The SMILES string of the molecule is Cc1ccc(N)c(Oc2cc(=O)[nH]c(C(C)C)n2)c1. The van der Waals surface area contributed by atoms with Crippen molar-refractivity contribution in [2.45, 2.75) is 26.7 Å². The number of hydrogen-bond acceptors (Lipinski definition) is 4. The van der Waals surface area contributed by atoms with E-state index in [-0.39, 0.29) is 17.4 Å². The molecule has 1 heterocycles. The molecule has 0 bridgehead atoms. The first-order chi connectivity index (χ1) is 8.95. The molecule has 0 aliphatic heterocycles. The average molecular weight is 259 g/mol. The summed E-state index contributed by atoms with van der Waals surface area (Å²) in [6.07, 6.45) is 0. The highest BCUT2D eigenvalue weighted by Crippen LogP contribution is 2.27. The topological polar surface area (TPSA) is 81.0 Å². The number of nitrogen functional groups attached to an aromatic ring is 1. The van der Waals surface area contributed by atoms with Gasteiger partial charge in [0.15, 0.2) is 5.75 Å². The van der Waals surface area contributed by atoms with Gasteiger partial charge in [0.2, 0.25) is 5.88 Å². The lowest BCUT2D eigenvalue weighted by Crippen LogP contribution is -2.12. The standard InChI is InChI=1S/C14H17N3O2/c1-8(2)14-16-12(18)7-13(17-14)19-11-6-9(3)4-5-10(11)15/h4-8H,15H2,1-3H3,(H,16,17,18). The van der Waals surface area contributed by atoms with Gasteiger partial charge in [0.1, 0.15) is 5.82 Å². The van der Waals surface area contributed by atoms with Gasteiger partial charge >= 0.3 is 0 Å². The lowest BCUT2D eigenvalue weighted by Gasteiger charge is -2.10. The molecule has 0 atom stereocenters. The average Bonchev–Trinajstić information content (AvgIpc) is 2.33. The first kappa shape index (κ1) is 13.1. The summed E-state index contributed by atoms with van der Waals surface area (Å²) in [7, 11) is 0. The monoisotopic (exact) mass is 259 g/mol. The highest BCUT2D eigenvalue weighted by atomic mass is 16.5. The minimum atomic E-state index is -0.236. The molecule has 0 saturated carbocycles. The molecular weight excluding hydrogens is 242 g/mol. The van der Waals surface area contributed by atoms with Crippen molar-refractivity contribution in [3.8, 4) is 11.6 Å². The molecule has 19 heavy (non-hydrogen) atoms. The van der Waals surface area contributed by atoms with E-state index in [2.05, 4.69) is 9.97 Å². The van der Waals surface area contributed by atoms with Gasteiger partial charge < -0.3 is 15.5 Å². The molecule has 0 saturated heterocycles. The van der Waals surface area contributed by atoms with Crippen LogP contribution in [0.1, 0.15) is 31.2 Å². The number of benzene rings is 1. The number of rotatable bonds is 3. The maximum absolute atomic E-state index is 11.6. The van der Waals surface area contributed by atoms with Crippen molar-refractivity contribution in [1.82, 2.24) is 9.97 Å². The number of ether oxygens (including phenoxy) is 1. The van der Waals surface area contributed by atoms with Crippen LogP contribution >= 0.6 is 0 Å². The number of H-pyrrole nitrogens is 1. The molecule has 0 radical (unpaired) electrons. The first-order valence-corrected chi connectivity index (χ1v) is 6.11. The Labute approximate surface area is 111 Å². The molecule has 0 fully saturated rings. The Morgan fingerprint density at radius 1 is 1.32 bits per heavy atom. The van der Waals surface area contributed by atoms with Crippen molar-refractivity contribution in [3.63, 3.8) is 0 Å². The summed E-state index contributed by atoms with van der Waals surface area (Å²) in [5.74, 6) is 1.47. The second-order valence-corrected chi connectivity index (χ2v) is 4.77. The maximum atomic E-state index is 11.6. The molecule has 0 amide bonds. The Kier molecular flexibility index (Phi) is 3.55. The zero-order valence-electron chi connectivity index (χ0n) is 11.2. The van der Waals surface area contributed by atoms with Gasteiger partial charge in [-0.2, -0.15) is 4.98 Å². The molecule has 5 heteroatoms. The molecule has 3 N–H and O–H groups in total. The van der Waals surface area contributed by atoms with Gasteiger partial charge in [-0.1, -0.05) is 19.9 Å². The third-order valence-electron chi connectivity index (χ3n) is 2.67. The summed E-state index contributed by atoms with van der Waals surface area (Å²) in [4.78, 5) is 18.5. The second-order valence-electron chi connectivity index (χ2n) is 4.77. The Morgan fingerprint density at radius 2 is 2.05 bits per heavy atom. The van der Waals surface area contributed by atoms with Crippen molar-refractivity contribution in [3.05, 3.63) is 46.0 Å². The lowest BCUT2D eigenvalue weighted by atomic mass is 10.2. The van der Waals surface area contributed by atoms with Crippen LogP contribution in [-0.4, -0.2) is 9.97 Å². The molecule has 2 rings (SSSR count). The summed E-state index contributed by atoms with van der Waals surface area (Å²) in [5.41, 5.74) is 7.14. The van der Waals surface area contributed by atoms with Crippen LogP contribution in [0.15, 0.2) is 29.1 Å². The van der Waals surface area contributed by atoms with Crippen LogP contribution in [0.5, 0.6) is 11.6 Å². The molecule has 0 spiro atoms. The number of aromatic amines is 1. The Hall–Kier alpha value is -2.30. The van der Waals surface area contributed by atoms with Gasteiger partial charge in [-0.15, -0.1) is 0 Å². The van der Waals surface area contributed by atoms with Gasteiger partial charge in [-0.05, 0) is 24.6 Å². The van der Waals surface area contributed by atoms with Crippen molar-refractivity contribution in [1.29, 1.82) is 0 Å². The highest BCUT2D eigenvalue weighted by molar-refractivity contribution is 5.54. The predicted octanol–water partition coefficient (Wildman–Crippen LogP) is 2.58. The highest BCUT2D eigenvalue weighted by Gasteiger charge is 2.08. The molecule has 1 aromatic carbocycles. The molecule has 100 valence electrons. The van der Waals surface area contributed by atoms with Crippen molar-refractivity contribution < 1.29 is 4.74 Å². The third kappa shape index (κ3) is 3.13. The second kappa shape index (κ2) is 5.14. The summed E-state index contributed by atoms with van der Waals surface area (Å²) in [6, 6.07) is 6.79. The van der Waals surface area contributed by atoms with Gasteiger partial charge in [-0.25, -0.2) is 0 Å². The van der Waals surface area contributed by atoms with E-state index in [9.17, 15) is 4.79 Å². The van der Waals surface area contributed by atoms with Crippen LogP contribution in [0, 0.1) is 6.92 Å². The van der Waals surface area contributed by atoms with Crippen LogP contribution in [-0.2, 0) is 0 Å². The molecule has 1 aromatic heterocycles. The quantitative estimate of drug-likeness (QED) is 0.830. The van der Waals surface area contributed by atoms with Crippen molar-refractivity contribution >= 4 is 5.69 Å². The third-order valence-corrected chi connectivity index (χ3v) is 2.67. The van der Waals surface area contributed by atoms with Crippen LogP contribution in [0.25, 0.3) is 0 Å². The number of nitrogens with one attached hydrogen (secondary N) is 1. The molecular formula is C14H17N3O2. The van der Waals surface area contributed by atoms with E-state index in [0.717, 1.165) is 5.56 Å². The predicted molar refractivity (Wildman–Crippen MR) is 74.6 cm³/mol. The number of aryl methyl sites for hydroxylation is 1. The number of aromatic nitrogens is 2. The Balaban J connectivity index is 2.38. The lowest BCUT2D eigenvalue weighted by molar-refractivity contribution is 0.457. The minimum Gasteiger partial charge on any atom is -0.437 e. The molecule has 0 aliphatic carbocycles. The fraction of sp³-hybridized carbons (Fsp3) is 0.286. The number of hydrogen-bond donors (Lipinski definition) is 2. The van der Waals surface area contributed by atoms with E-state index in [1.807, 2.05) is 32.9 Å². The zero-order valence-corrected chi connectivity index (χ0v) is 11.2. The van der Waals surface area contributed by atoms with E-state index in [1.54, 1.807) is 6.07 Å². The summed E-state index contributed by atoms with van der Waals surface area (Å²) < 4.78 is 5.61. The van der Waals surface area contributed by atoms with E-state index >= 15 is 0 Å². The summed E-state index contributed by atoms with van der Waals surface area (Å²) >= 11 is 0. The van der Waals surface area contributed by atoms with E-state index in [4.69, 9.17) is 10.5 Å². The Morgan fingerprint density at radius 3 is 2.74 bits per heavy atom. The van der Waals surface area contributed by atoms with Crippen molar-refractivity contribution in [2.24, 2.45) is 0 Å². The summed E-state index contributed by atoms with van der Waals surface area (Å²) in [5, 5.41) is 0. The number of anilines is 1. The smallest absolute Gasteiger partial charge is 0.254 e. The normalized spacial score (nSPS) is 10.7. The van der Waals surface area contributed by atoms with Crippen LogP contribution in [0.4, 0.5) is 5.69 Å². The largest absolute Gasteiger partial charge is 0.437 e. The fourth-order valence-electron chi connectivity index (χ4n) is 1.62. The molecule has 2 aromatic rings.